The van der Waals surface area contributed by atoms with Crippen LogP contribution in [0.2, 0.25) is 0 Å². The molecule has 0 aromatic heterocycles. The van der Waals surface area contributed by atoms with Gasteiger partial charge in [-0.15, -0.1) is 0 Å². The predicted molar refractivity (Wildman–Crippen MR) is 126 cm³/mol. The van der Waals surface area contributed by atoms with Crippen LogP contribution < -0.4 is 5.32 Å². The summed E-state index contributed by atoms with van der Waals surface area (Å²) in [6.07, 6.45) is 0. The Morgan fingerprint density at radius 2 is 0.912 bits per heavy atom. The van der Waals surface area contributed by atoms with E-state index in [1.807, 2.05) is 13.1 Å². The Bertz CT molecular complexity index is 563. The van der Waals surface area contributed by atoms with Crippen molar-refractivity contribution in [2.45, 2.75) is 0 Å². The molecule has 34 heavy (non-hydrogen) atoms. The average Bonchev–Trinajstić information content (AvgIpc) is 2.87. The molecular weight excluding hydrogens is 446 g/mol. The maximum atomic E-state index is 11.7. The van der Waals surface area contributed by atoms with Crippen molar-refractivity contribution in [3.8, 4) is 0 Å². The van der Waals surface area contributed by atoms with Crippen molar-refractivity contribution in [1.82, 2.24) is 5.32 Å². The van der Waals surface area contributed by atoms with Crippen LogP contribution in [0.3, 0.4) is 0 Å². The van der Waals surface area contributed by atoms with E-state index in [0.29, 0.717) is 98.1 Å². The molecule has 1 aromatic rings. The van der Waals surface area contributed by atoms with E-state index in [4.69, 9.17) is 37.9 Å². The predicted octanol–water partition coefficient (Wildman–Crippen LogP) is 1.18. The van der Waals surface area contributed by atoms with Crippen LogP contribution in [0.25, 0.3) is 0 Å². The fraction of sp³-hybridized carbons (Fsp3) is 0.708. The number of rotatable bonds is 25. The van der Waals surface area contributed by atoms with Crippen LogP contribution in [0, 0.1) is 0 Å². The molecule has 1 aromatic carbocycles. The molecule has 10 nitrogen and oxygen atoms in total. The highest BCUT2D eigenvalue weighted by Crippen LogP contribution is 2.00. The molecule has 0 unspecified atom stereocenters. The summed E-state index contributed by atoms with van der Waals surface area (Å²) in [5.74, 6) is -0.350. The van der Waals surface area contributed by atoms with E-state index in [2.05, 4.69) is 5.32 Å². The minimum atomic E-state index is -0.350. The zero-order chi connectivity index (χ0) is 24.4. The van der Waals surface area contributed by atoms with Gasteiger partial charge in [-0.2, -0.15) is 0 Å². The minimum absolute atomic E-state index is 0.211. The first-order chi connectivity index (χ1) is 16.8. The van der Waals surface area contributed by atoms with Crippen molar-refractivity contribution in [2.75, 3.05) is 113 Å². The van der Waals surface area contributed by atoms with Crippen LogP contribution in [0.15, 0.2) is 30.3 Å². The molecule has 1 N–H and O–H groups in total. The van der Waals surface area contributed by atoms with Crippen LogP contribution in [-0.2, 0) is 37.9 Å². The topological polar surface area (TPSA) is 103 Å². The fourth-order valence-electron chi connectivity index (χ4n) is 2.45. The molecule has 0 heterocycles. The molecule has 0 aliphatic heterocycles. The number of hydrogen-bond acceptors (Lipinski definition) is 10. The standard InChI is InChI=1S/C24H41NO9/c1-25-7-8-27-9-10-28-11-12-29-13-14-30-15-16-31-17-18-32-19-20-33-21-22-34-24(26)23-5-3-2-4-6-23/h2-6,25H,7-22H2,1H3. The lowest BCUT2D eigenvalue weighted by molar-refractivity contribution is -0.0221. The largest absolute Gasteiger partial charge is 0.460 e. The van der Waals surface area contributed by atoms with E-state index in [9.17, 15) is 4.79 Å². The van der Waals surface area contributed by atoms with Crippen LogP contribution in [0.5, 0.6) is 0 Å². The summed E-state index contributed by atoms with van der Waals surface area (Å²) >= 11 is 0. The quantitative estimate of drug-likeness (QED) is 0.160. The second-order valence-electron chi connectivity index (χ2n) is 6.89. The first-order valence-electron chi connectivity index (χ1n) is 11.8. The third-order valence-electron chi connectivity index (χ3n) is 4.20. The molecule has 196 valence electrons. The van der Waals surface area contributed by atoms with E-state index in [0.717, 1.165) is 6.54 Å². The van der Waals surface area contributed by atoms with Gasteiger partial charge in [-0.05, 0) is 19.2 Å². The van der Waals surface area contributed by atoms with E-state index in [-0.39, 0.29) is 12.6 Å². The number of esters is 1. The van der Waals surface area contributed by atoms with Gasteiger partial charge in [-0.1, -0.05) is 18.2 Å². The first-order valence-corrected chi connectivity index (χ1v) is 11.8. The van der Waals surface area contributed by atoms with Gasteiger partial charge in [-0.3, -0.25) is 0 Å². The molecule has 0 radical (unpaired) electrons. The molecule has 0 aliphatic carbocycles. The maximum absolute atomic E-state index is 11.7. The molecule has 0 saturated heterocycles. The van der Waals surface area contributed by atoms with Gasteiger partial charge in [-0.25, -0.2) is 4.79 Å². The highest BCUT2D eigenvalue weighted by molar-refractivity contribution is 5.89. The molecule has 0 bridgehead atoms. The van der Waals surface area contributed by atoms with Crippen LogP contribution in [-0.4, -0.2) is 119 Å². The van der Waals surface area contributed by atoms with Crippen molar-refractivity contribution in [3.63, 3.8) is 0 Å². The van der Waals surface area contributed by atoms with Gasteiger partial charge in [0.15, 0.2) is 0 Å². The number of likely N-dealkylation sites (N-methyl/N-ethyl adjacent to an activating group) is 1. The average molecular weight is 488 g/mol. The lowest BCUT2D eigenvalue weighted by Gasteiger charge is -2.08. The molecule has 1 rings (SSSR count). The Morgan fingerprint density at radius 1 is 0.559 bits per heavy atom. The smallest absolute Gasteiger partial charge is 0.338 e. The summed E-state index contributed by atoms with van der Waals surface area (Å²) in [4.78, 5) is 11.7. The van der Waals surface area contributed by atoms with Crippen molar-refractivity contribution < 1.29 is 42.7 Å². The Kier molecular flexibility index (Phi) is 21.9. The zero-order valence-corrected chi connectivity index (χ0v) is 20.4. The van der Waals surface area contributed by atoms with E-state index >= 15 is 0 Å². The van der Waals surface area contributed by atoms with E-state index < -0.39 is 0 Å². The minimum Gasteiger partial charge on any atom is -0.460 e. The molecule has 0 aliphatic rings. The SMILES string of the molecule is CNCCOCCOCCOCCOCCOCCOCCOCCOC(=O)c1ccccc1. The molecular formula is C24H41NO9. The van der Waals surface area contributed by atoms with Gasteiger partial charge >= 0.3 is 5.97 Å². The maximum Gasteiger partial charge on any atom is 0.338 e. The molecule has 0 saturated carbocycles. The van der Waals surface area contributed by atoms with Crippen molar-refractivity contribution in [3.05, 3.63) is 35.9 Å². The normalized spacial score (nSPS) is 11.1. The highest BCUT2D eigenvalue weighted by Gasteiger charge is 2.05. The van der Waals surface area contributed by atoms with Gasteiger partial charge in [0, 0.05) is 6.54 Å². The second-order valence-corrected chi connectivity index (χ2v) is 6.89. The molecule has 10 heteroatoms. The monoisotopic (exact) mass is 487 g/mol. The van der Waals surface area contributed by atoms with Gasteiger partial charge in [0.2, 0.25) is 0 Å². The summed E-state index contributed by atoms with van der Waals surface area (Å²) in [6, 6.07) is 8.86. The van der Waals surface area contributed by atoms with Gasteiger partial charge < -0.3 is 43.2 Å². The Hall–Kier alpha value is -1.63. The molecule has 0 fully saturated rings. The number of benzene rings is 1. The summed E-state index contributed by atoms with van der Waals surface area (Å²) in [7, 11) is 1.89. The third-order valence-corrected chi connectivity index (χ3v) is 4.20. The zero-order valence-electron chi connectivity index (χ0n) is 20.4. The van der Waals surface area contributed by atoms with Crippen molar-refractivity contribution in [1.29, 1.82) is 0 Å². The number of carbonyl (C=O) groups is 1. The van der Waals surface area contributed by atoms with Gasteiger partial charge in [0.1, 0.15) is 6.61 Å². The molecule has 0 amide bonds. The molecule has 0 spiro atoms. The van der Waals surface area contributed by atoms with Gasteiger partial charge in [0.25, 0.3) is 0 Å². The van der Waals surface area contributed by atoms with Crippen molar-refractivity contribution in [2.24, 2.45) is 0 Å². The highest BCUT2D eigenvalue weighted by atomic mass is 16.6. The van der Waals surface area contributed by atoms with Crippen molar-refractivity contribution >= 4 is 5.97 Å². The Balaban J connectivity index is 1.68. The molecule has 0 atom stereocenters. The number of carbonyl (C=O) groups excluding carboxylic acids is 1. The summed E-state index contributed by atoms with van der Waals surface area (Å²) in [5, 5.41) is 3.01. The van der Waals surface area contributed by atoms with Gasteiger partial charge in [0.05, 0.1) is 98.1 Å². The number of ether oxygens (including phenoxy) is 8. The Morgan fingerprint density at radius 3 is 1.29 bits per heavy atom. The fourth-order valence-corrected chi connectivity index (χ4v) is 2.45. The number of nitrogens with one attached hydrogen (secondary N) is 1. The second kappa shape index (κ2) is 24.5. The first kappa shape index (κ1) is 30.4. The third kappa shape index (κ3) is 19.8. The lowest BCUT2D eigenvalue weighted by Crippen LogP contribution is -2.17. The van der Waals surface area contributed by atoms with E-state index in [1.54, 1.807) is 24.3 Å². The Labute approximate surface area is 203 Å². The van der Waals surface area contributed by atoms with Crippen LogP contribution in [0.4, 0.5) is 0 Å². The summed E-state index contributed by atoms with van der Waals surface area (Å²) < 4.78 is 42.9. The van der Waals surface area contributed by atoms with Crippen LogP contribution in [0.1, 0.15) is 10.4 Å². The lowest BCUT2D eigenvalue weighted by atomic mass is 10.2. The van der Waals surface area contributed by atoms with Crippen LogP contribution >= 0.6 is 0 Å². The number of hydrogen-bond donors (Lipinski definition) is 1. The van der Waals surface area contributed by atoms with E-state index in [1.165, 1.54) is 0 Å². The summed E-state index contributed by atoms with van der Waals surface area (Å²) in [6.45, 7) is 8.25. The summed E-state index contributed by atoms with van der Waals surface area (Å²) in [5.41, 5.74) is 0.531.